The van der Waals surface area contributed by atoms with Crippen LogP contribution in [0.3, 0.4) is 0 Å². The van der Waals surface area contributed by atoms with Crippen LogP contribution < -0.4 is 0 Å². The molecular formula is C57H35N5O. The van der Waals surface area contributed by atoms with Crippen LogP contribution in [0.4, 0.5) is 0 Å². The van der Waals surface area contributed by atoms with Crippen molar-refractivity contribution in [3.05, 3.63) is 213 Å². The topological polar surface area (TPSA) is 61.7 Å². The number of hydrogen-bond acceptors (Lipinski definition) is 4. The third-order valence-electron chi connectivity index (χ3n) is 12.4. The summed E-state index contributed by atoms with van der Waals surface area (Å²) in [5.74, 6) is 0. The molecule has 0 aliphatic carbocycles. The predicted octanol–water partition coefficient (Wildman–Crippen LogP) is 14.6. The van der Waals surface area contributed by atoms with Crippen molar-refractivity contribution in [1.82, 2.24) is 24.1 Å². The Kier molecular flexibility index (Phi) is 7.80. The first-order chi connectivity index (χ1) is 31.2. The van der Waals surface area contributed by atoms with E-state index >= 15 is 0 Å². The maximum Gasteiger partial charge on any atom is 0.153 e. The van der Waals surface area contributed by atoms with Gasteiger partial charge in [0.2, 0.25) is 0 Å². The minimum absolute atomic E-state index is 0.790. The largest absolute Gasteiger partial charge is 0.454 e. The zero-order valence-corrected chi connectivity index (χ0v) is 33.9. The smallest absolute Gasteiger partial charge is 0.153 e. The molecular weight excluding hydrogens is 771 g/mol. The molecule has 7 aromatic carbocycles. The second kappa shape index (κ2) is 14.0. The molecule has 0 fully saturated rings. The van der Waals surface area contributed by atoms with E-state index in [1.54, 1.807) is 0 Å². The lowest BCUT2D eigenvalue weighted by Gasteiger charge is -2.14. The fourth-order valence-electron chi connectivity index (χ4n) is 9.50. The van der Waals surface area contributed by atoms with Gasteiger partial charge in [0.1, 0.15) is 11.1 Å². The van der Waals surface area contributed by atoms with Gasteiger partial charge in [-0.3, -0.25) is 9.97 Å². The van der Waals surface area contributed by atoms with Crippen LogP contribution in [-0.2, 0) is 0 Å². The van der Waals surface area contributed by atoms with Crippen molar-refractivity contribution in [2.24, 2.45) is 0 Å². The van der Waals surface area contributed by atoms with E-state index in [1.165, 1.54) is 21.5 Å². The number of fused-ring (bicyclic) bond motifs is 9. The summed E-state index contributed by atoms with van der Waals surface area (Å²) in [6.45, 7) is 0. The van der Waals surface area contributed by atoms with Gasteiger partial charge in [-0.25, -0.2) is 4.98 Å². The van der Waals surface area contributed by atoms with Gasteiger partial charge in [0.15, 0.2) is 5.58 Å². The van der Waals surface area contributed by atoms with E-state index in [0.29, 0.717) is 0 Å². The molecule has 63 heavy (non-hydrogen) atoms. The normalized spacial score (nSPS) is 11.8. The van der Waals surface area contributed by atoms with E-state index in [2.05, 4.69) is 184 Å². The van der Waals surface area contributed by atoms with Gasteiger partial charge >= 0.3 is 0 Å². The zero-order valence-electron chi connectivity index (χ0n) is 33.9. The van der Waals surface area contributed by atoms with E-state index < -0.39 is 0 Å². The molecule has 6 aromatic heterocycles. The van der Waals surface area contributed by atoms with E-state index in [0.717, 1.165) is 100 Å². The van der Waals surface area contributed by atoms with Gasteiger partial charge in [0.25, 0.3) is 0 Å². The van der Waals surface area contributed by atoms with Gasteiger partial charge in [-0.05, 0) is 90.0 Å². The Morgan fingerprint density at radius 2 is 0.952 bits per heavy atom. The summed E-state index contributed by atoms with van der Waals surface area (Å²) in [7, 11) is 0. The SMILES string of the molecule is c1ccc(-c2cc(-n3c4ccccc4c4ccc(-c5cncc(-c6ccc7c(c6)c6ccccc6n7-c6ccc7oc8cccnc8c7c6)c5)cc43)cc(-c3ccccc3)n2)cc1. The van der Waals surface area contributed by atoms with Crippen LogP contribution in [0.15, 0.2) is 217 Å². The van der Waals surface area contributed by atoms with Gasteiger partial charge in [0, 0.05) is 73.5 Å². The summed E-state index contributed by atoms with van der Waals surface area (Å²) >= 11 is 0. The molecule has 6 heterocycles. The van der Waals surface area contributed by atoms with Crippen molar-refractivity contribution in [2.75, 3.05) is 0 Å². The average molecular weight is 806 g/mol. The van der Waals surface area contributed by atoms with Gasteiger partial charge in [-0.15, -0.1) is 0 Å². The highest BCUT2D eigenvalue weighted by Crippen LogP contribution is 2.40. The Hall–Kier alpha value is -8.61. The van der Waals surface area contributed by atoms with E-state index in [4.69, 9.17) is 14.4 Å². The van der Waals surface area contributed by atoms with E-state index in [1.807, 2.05) is 42.9 Å². The highest BCUT2D eigenvalue weighted by atomic mass is 16.3. The number of furan rings is 1. The predicted molar refractivity (Wildman–Crippen MR) is 258 cm³/mol. The average Bonchev–Trinajstić information content (AvgIpc) is 4.01. The molecule has 0 spiro atoms. The Balaban J connectivity index is 0.942. The minimum atomic E-state index is 0.790. The first kappa shape index (κ1) is 35.2. The molecule has 0 radical (unpaired) electrons. The number of para-hydroxylation sites is 2. The highest BCUT2D eigenvalue weighted by Gasteiger charge is 2.19. The van der Waals surface area contributed by atoms with E-state index in [9.17, 15) is 0 Å². The molecule has 0 amide bonds. The maximum absolute atomic E-state index is 6.12. The van der Waals surface area contributed by atoms with E-state index in [-0.39, 0.29) is 0 Å². The molecule has 0 saturated heterocycles. The number of benzene rings is 7. The summed E-state index contributed by atoms with van der Waals surface area (Å²) in [5, 5.41) is 5.76. The quantitative estimate of drug-likeness (QED) is 0.168. The van der Waals surface area contributed by atoms with Crippen LogP contribution in [0.2, 0.25) is 0 Å². The van der Waals surface area contributed by atoms with Crippen LogP contribution in [0.5, 0.6) is 0 Å². The number of nitrogens with zero attached hydrogens (tertiary/aromatic N) is 5. The summed E-state index contributed by atoms with van der Waals surface area (Å²) in [4.78, 5) is 14.7. The number of rotatable bonds is 6. The Labute approximate surface area is 361 Å². The van der Waals surface area contributed by atoms with Gasteiger partial charge in [-0.2, -0.15) is 0 Å². The first-order valence-electron chi connectivity index (χ1n) is 21.2. The molecule has 0 saturated carbocycles. The second-order valence-electron chi connectivity index (χ2n) is 16.1. The minimum Gasteiger partial charge on any atom is -0.454 e. The van der Waals surface area contributed by atoms with Crippen LogP contribution in [0.1, 0.15) is 0 Å². The lowest BCUT2D eigenvalue weighted by molar-refractivity contribution is 0.668. The monoisotopic (exact) mass is 805 g/mol. The Bertz CT molecular complexity index is 3860. The zero-order chi connectivity index (χ0) is 41.4. The molecule has 0 N–H and O–H groups in total. The number of hydrogen-bond donors (Lipinski definition) is 0. The van der Waals surface area contributed by atoms with Crippen molar-refractivity contribution < 1.29 is 4.42 Å². The fourth-order valence-corrected chi connectivity index (χ4v) is 9.50. The first-order valence-corrected chi connectivity index (χ1v) is 21.2. The molecule has 6 heteroatoms. The highest BCUT2D eigenvalue weighted by molar-refractivity contribution is 6.12. The Morgan fingerprint density at radius 1 is 0.349 bits per heavy atom. The van der Waals surface area contributed by atoms with Gasteiger partial charge < -0.3 is 13.6 Å². The van der Waals surface area contributed by atoms with Gasteiger partial charge in [0.05, 0.1) is 39.1 Å². The number of aromatic nitrogens is 5. The summed E-state index contributed by atoms with van der Waals surface area (Å²) in [6.07, 6.45) is 5.76. The number of pyridine rings is 3. The van der Waals surface area contributed by atoms with Crippen LogP contribution >= 0.6 is 0 Å². The fraction of sp³-hybridized carbons (Fsp3) is 0. The van der Waals surface area contributed by atoms with Crippen LogP contribution in [0, 0.1) is 0 Å². The molecule has 13 aromatic rings. The van der Waals surface area contributed by atoms with Crippen molar-refractivity contribution >= 4 is 65.7 Å². The standard InChI is InChI=1S/C57H35N5O/c1-3-12-36(13-4-1)49-32-43(33-50(60-49)37-14-5-2-6-15-37)62-51-18-9-7-16-44(51)46-24-21-39(30-54(46)62)41-28-40(34-58-35-41)38-22-25-53-47(29-38)45-17-8-10-19-52(45)61(53)42-23-26-55-48(31-42)57-56(63-55)20-11-27-59-57/h1-35H. The van der Waals surface area contributed by atoms with Gasteiger partial charge in [-0.1, -0.05) is 115 Å². The van der Waals surface area contributed by atoms with Crippen molar-refractivity contribution in [2.45, 2.75) is 0 Å². The molecule has 294 valence electrons. The molecule has 0 bridgehead atoms. The molecule has 0 unspecified atom stereocenters. The third kappa shape index (κ3) is 5.69. The van der Waals surface area contributed by atoms with Crippen molar-refractivity contribution in [3.63, 3.8) is 0 Å². The van der Waals surface area contributed by atoms with Crippen molar-refractivity contribution in [3.8, 4) is 56.1 Å². The lowest BCUT2D eigenvalue weighted by Crippen LogP contribution is -1.98. The van der Waals surface area contributed by atoms with Crippen molar-refractivity contribution in [1.29, 1.82) is 0 Å². The maximum atomic E-state index is 6.12. The van der Waals surface area contributed by atoms with Crippen LogP contribution in [0.25, 0.3) is 122 Å². The molecule has 0 aliphatic rings. The Morgan fingerprint density at radius 3 is 1.68 bits per heavy atom. The summed E-state index contributed by atoms with van der Waals surface area (Å²) in [6, 6.07) is 68.7. The molecule has 0 aliphatic heterocycles. The molecule has 0 atom stereocenters. The second-order valence-corrected chi connectivity index (χ2v) is 16.1. The molecule has 6 nitrogen and oxygen atoms in total. The summed E-state index contributed by atoms with van der Waals surface area (Å²) < 4.78 is 10.9. The third-order valence-corrected chi connectivity index (χ3v) is 12.4. The summed E-state index contributed by atoms with van der Waals surface area (Å²) in [5.41, 5.74) is 17.4. The molecule has 13 rings (SSSR count). The lowest BCUT2D eigenvalue weighted by atomic mass is 9.99. The van der Waals surface area contributed by atoms with Crippen LogP contribution in [-0.4, -0.2) is 24.1 Å².